The van der Waals surface area contributed by atoms with E-state index in [2.05, 4.69) is 4.72 Å². The number of halogens is 1. The smallest absolute Gasteiger partial charge is 0.322 e. The summed E-state index contributed by atoms with van der Waals surface area (Å²) in [6, 6.07) is 4.45. The summed E-state index contributed by atoms with van der Waals surface area (Å²) in [5.41, 5.74) is 0.132. The van der Waals surface area contributed by atoms with Gasteiger partial charge in [-0.3, -0.25) is 4.79 Å². The lowest BCUT2D eigenvalue weighted by atomic mass is 10.2. The van der Waals surface area contributed by atoms with Crippen LogP contribution >= 0.6 is 11.6 Å². The molecular weight excluding hydrogens is 304 g/mol. The summed E-state index contributed by atoms with van der Waals surface area (Å²) in [5, 5.41) is 17.8. The summed E-state index contributed by atoms with van der Waals surface area (Å²) >= 11 is 5.82. The molecule has 8 heteroatoms. The number of aliphatic carboxylic acids is 1. The van der Waals surface area contributed by atoms with Crippen LogP contribution in [0.3, 0.4) is 0 Å². The molecular formula is C12H11ClN2O4S. The van der Waals surface area contributed by atoms with E-state index >= 15 is 0 Å². The molecule has 1 aromatic rings. The molecule has 6 nitrogen and oxygen atoms in total. The Morgan fingerprint density at radius 1 is 1.50 bits per heavy atom. The Labute approximate surface area is 121 Å². The van der Waals surface area contributed by atoms with Crippen molar-refractivity contribution in [2.24, 2.45) is 5.92 Å². The number of carbonyl (C=O) groups is 1. The topological polar surface area (TPSA) is 107 Å². The summed E-state index contributed by atoms with van der Waals surface area (Å²) in [4.78, 5) is 10.8. The van der Waals surface area contributed by atoms with Crippen LogP contribution in [0.5, 0.6) is 0 Å². The fourth-order valence-electron chi connectivity index (χ4n) is 1.79. The molecule has 0 spiro atoms. The molecule has 2 rings (SSSR count). The van der Waals surface area contributed by atoms with Crippen molar-refractivity contribution >= 4 is 27.6 Å². The van der Waals surface area contributed by atoms with Gasteiger partial charge < -0.3 is 5.11 Å². The molecule has 0 radical (unpaired) electrons. The molecule has 0 heterocycles. The average molecular weight is 315 g/mol. The molecule has 0 aromatic heterocycles. The predicted octanol–water partition coefficient (Wildman–Crippen LogP) is 1.35. The number of nitrogens with zero attached hydrogens (tertiary/aromatic N) is 1. The highest BCUT2D eigenvalue weighted by atomic mass is 35.5. The van der Waals surface area contributed by atoms with Crippen LogP contribution in [0.4, 0.5) is 0 Å². The Hall–Kier alpha value is -1.62. The molecule has 1 aliphatic rings. The van der Waals surface area contributed by atoms with E-state index < -0.39 is 22.0 Å². The number of benzene rings is 1. The van der Waals surface area contributed by atoms with Crippen LogP contribution in [-0.4, -0.2) is 25.5 Å². The lowest BCUT2D eigenvalue weighted by Crippen LogP contribution is -2.42. The van der Waals surface area contributed by atoms with Crippen molar-refractivity contribution in [1.29, 1.82) is 5.26 Å². The van der Waals surface area contributed by atoms with Crippen molar-refractivity contribution in [3.05, 3.63) is 28.8 Å². The second-order valence-electron chi connectivity index (χ2n) is 4.53. The van der Waals surface area contributed by atoms with Crippen molar-refractivity contribution < 1.29 is 18.3 Å². The predicted molar refractivity (Wildman–Crippen MR) is 70.6 cm³/mol. The van der Waals surface area contributed by atoms with Crippen molar-refractivity contribution in [2.45, 2.75) is 23.8 Å². The second kappa shape index (κ2) is 5.40. The minimum absolute atomic E-state index is 0.0589. The van der Waals surface area contributed by atoms with E-state index in [9.17, 15) is 13.2 Å². The SMILES string of the molecule is N#Cc1ccc(Cl)c(S(=O)(=O)NC(C(=O)O)C2CC2)c1. The number of rotatable bonds is 5. The highest BCUT2D eigenvalue weighted by molar-refractivity contribution is 7.89. The van der Waals surface area contributed by atoms with E-state index in [-0.39, 0.29) is 21.4 Å². The molecule has 0 bridgehead atoms. The van der Waals surface area contributed by atoms with Gasteiger partial charge in [-0.2, -0.15) is 9.98 Å². The number of sulfonamides is 1. The molecule has 2 N–H and O–H groups in total. The van der Waals surface area contributed by atoms with E-state index in [0.29, 0.717) is 12.8 Å². The van der Waals surface area contributed by atoms with Crippen LogP contribution in [0.15, 0.2) is 23.1 Å². The third-order valence-corrected chi connectivity index (χ3v) is 4.91. The van der Waals surface area contributed by atoms with E-state index in [1.165, 1.54) is 12.1 Å². The fourth-order valence-corrected chi connectivity index (χ4v) is 3.57. The third-order valence-electron chi connectivity index (χ3n) is 2.99. The number of carboxylic acid groups (broad SMARTS) is 1. The Morgan fingerprint density at radius 3 is 2.65 bits per heavy atom. The van der Waals surface area contributed by atoms with Crippen molar-refractivity contribution in [1.82, 2.24) is 4.72 Å². The minimum Gasteiger partial charge on any atom is -0.480 e. The molecule has 0 aliphatic heterocycles. The maximum atomic E-state index is 12.2. The Balaban J connectivity index is 2.35. The average Bonchev–Trinajstić information content (AvgIpc) is 3.20. The van der Waals surface area contributed by atoms with Gasteiger partial charge in [0.05, 0.1) is 16.7 Å². The Kier molecular flexibility index (Phi) is 3.99. The summed E-state index contributed by atoms with van der Waals surface area (Å²) in [6.45, 7) is 0. The normalized spacial score (nSPS) is 16.4. The largest absolute Gasteiger partial charge is 0.480 e. The molecule has 0 amide bonds. The third kappa shape index (κ3) is 3.10. The first-order valence-corrected chi connectivity index (χ1v) is 7.66. The first-order valence-electron chi connectivity index (χ1n) is 5.80. The van der Waals surface area contributed by atoms with Gasteiger partial charge in [-0.05, 0) is 37.0 Å². The first kappa shape index (κ1) is 14.8. The van der Waals surface area contributed by atoms with Crippen LogP contribution in [-0.2, 0) is 14.8 Å². The number of hydrogen-bond donors (Lipinski definition) is 2. The van der Waals surface area contributed by atoms with Gasteiger partial charge in [0, 0.05) is 0 Å². The summed E-state index contributed by atoms with van der Waals surface area (Å²) < 4.78 is 26.5. The molecule has 1 aliphatic carbocycles. The Morgan fingerprint density at radius 2 is 2.15 bits per heavy atom. The van der Waals surface area contributed by atoms with Gasteiger partial charge in [0.25, 0.3) is 0 Å². The Bertz CT molecular complexity index is 692. The van der Waals surface area contributed by atoms with Gasteiger partial charge >= 0.3 is 5.97 Å². The highest BCUT2D eigenvalue weighted by Gasteiger charge is 2.39. The zero-order chi connectivity index (χ0) is 14.9. The van der Waals surface area contributed by atoms with Gasteiger partial charge in [-0.15, -0.1) is 0 Å². The zero-order valence-electron chi connectivity index (χ0n) is 10.2. The van der Waals surface area contributed by atoms with Gasteiger partial charge in [-0.1, -0.05) is 11.6 Å². The maximum Gasteiger partial charge on any atom is 0.322 e. The number of nitrogens with one attached hydrogen (secondary N) is 1. The van der Waals surface area contributed by atoms with Crippen LogP contribution in [0.2, 0.25) is 5.02 Å². The molecule has 20 heavy (non-hydrogen) atoms. The zero-order valence-corrected chi connectivity index (χ0v) is 11.8. The number of carboxylic acids is 1. The number of hydrogen-bond acceptors (Lipinski definition) is 4. The lowest BCUT2D eigenvalue weighted by Gasteiger charge is -2.14. The van der Waals surface area contributed by atoms with Crippen molar-refractivity contribution in [3.8, 4) is 6.07 Å². The standard InChI is InChI=1S/C12H11ClN2O4S/c13-9-4-1-7(6-14)5-10(9)20(18,19)15-11(12(16)17)8-2-3-8/h1,4-5,8,11,15H,2-3H2,(H,16,17). The van der Waals surface area contributed by atoms with E-state index in [4.69, 9.17) is 22.0 Å². The molecule has 1 aromatic carbocycles. The van der Waals surface area contributed by atoms with E-state index in [0.717, 1.165) is 6.07 Å². The summed E-state index contributed by atoms with van der Waals surface area (Å²) in [7, 11) is -4.09. The van der Waals surface area contributed by atoms with Crippen LogP contribution < -0.4 is 4.72 Å². The second-order valence-corrected chi connectivity index (χ2v) is 6.62. The summed E-state index contributed by atoms with van der Waals surface area (Å²) in [6.07, 6.45) is 1.34. The lowest BCUT2D eigenvalue weighted by molar-refractivity contribution is -0.139. The van der Waals surface area contributed by atoms with Crippen LogP contribution in [0.25, 0.3) is 0 Å². The first-order chi connectivity index (χ1) is 9.35. The van der Waals surface area contributed by atoms with Gasteiger partial charge in [0.1, 0.15) is 10.9 Å². The maximum absolute atomic E-state index is 12.2. The highest BCUT2D eigenvalue weighted by Crippen LogP contribution is 2.34. The van der Waals surface area contributed by atoms with Gasteiger partial charge in [-0.25, -0.2) is 8.42 Å². The number of nitriles is 1. The van der Waals surface area contributed by atoms with Crippen LogP contribution in [0.1, 0.15) is 18.4 Å². The van der Waals surface area contributed by atoms with Crippen molar-refractivity contribution in [2.75, 3.05) is 0 Å². The van der Waals surface area contributed by atoms with Crippen molar-refractivity contribution in [3.63, 3.8) is 0 Å². The summed E-state index contributed by atoms with van der Waals surface area (Å²) in [5.74, 6) is -1.41. The molecule has 106 valence electrons. The molecule has 0 saturated heterocycles. The molecule has 1 fully saturated rings. The molecule has 1 atom stereocenters. The van der Waals surface area contributed by atoms with Gasteiger partial charge in [0.15, 0.2) is 0 Å². The fraction of sp³-hybridized carbons (Fsp3) is 0.333. The minimum atomic E-state index is -4.09. The van der Waals surface area contributed by atoms with E-state index in [1.807, 2.05) is 6.07 Å². The van der Waals surface area contributed by atoms with Crippen LogP contribution in [0, 0.1) is 17.2 Å². The van der Waals surface area contributed by atoms with E-state index in [1.54, 1.807) is 0 Å². The molecule has 1 unspecified atom stereocenters. The molecule has 1 saturated carbocycles. The monoisotopic (exact) mass is 314 g/mol. The quantitative estimate of drug-likeness (QED) is 0.853. The van der Waals surface area contributed by atoms with Gasteiger partial charge in [0.2, 0.25) is 10.0 Å².